The van der Waals surface area contributed by atoms with Crippen LogP contribution in [0.25, 0.3) is 0 Å². The van der Waals surface area contributed by atoms with Crippen LogP contribution in [0.15, 0.2) is 42.5 Å². The van der Waals surface area contributed by atoms with Crippen molar-refractivity contribution < 1.29 is 23.4 Å². The van der Waals surface area contributed by atoms with E-state index < -0.39 is 0 Å². The van der Waals surface area contributed by atoms with Crippen LogP contribution in [0.1, 0.15) is 24.4 Å². The van der Waals surface area contributed by atoms with E-state index in [1.807, 2.05) is 35.0 Å². The maximum absolute atomic E-state index is 13.6. The first-order chi connectivity index (χ1) is 14.5. The number of rotatable bonds is 9. The van der Waals surface area contributed by atoms with Crippen LogP contribution in [-0.4, -0.2) is 63.2 Å². The van der Waals surface area contributed by atoms with Crippen LogP contribution in [0.4, 0.5) is 4.39 Å². The number of carbonyl (C=O) groups excluding carboxylic acids is 1. The number of para-hydroxylation sites is 1. The zero-order valence-electron chi connectivity index (χ0n) is 17.8. The predicted octanol–water partition coefficient (Wildman–Crippen LogP) is 3.52. The summed E-state index contributed by atoms with van der Waals surface area (Å²) in [5.41, 5.74) is 0.966. The van der Waals surface area contributed by atoms with Crippen LogP contribution in [0.2, 0.25) is 0 Å². The molecule has 1 heterocycles. The molecule has 0 spiro atoms. The highest BCUT2D eigenvalue weighted by atomic mass is 19.1. The molecule has 0 saturated carbocycles. The van der Waals surface area contributed by atoms with Crippen molar-refractivity contribution in [1.82, 2.24) is 9.80 Å². The van der Waals surface area contributed by atoms with Crippen molar-refractivity contribution in [2.45, 2.75) is 18.9 Å². The van der Waals surface area contributed by atoms with E-state index in [2.05, 4.69) is 0 Å². The third-order valence-electron chi connectivity index (χ3n) is 5.34. The summed E-state index contributed by atoms with van der Waals surface area (Å²) in [4.78, 5) is 16.8. The molecule has 1 saturated heterocycles. The van der Waals surface area contributed by atoms with E-state index in [1.54, 1.807) is 32.4 Å². The summed E-state index contributed by atoms with van der Waals surface area (Å²) in [5.74, 6) is 1.39. The lowest BCUT2D eigenvalue weighted by atomic mass is 10.0. The van der Waals surface area contributed by atoms with E-state index in [1.165, 1.54) is 6.07 Å². The minimum absolute atomic E-state index is 0.0365. The second-order valence-electron chi connectivity index (χ2n) is 7.37. The molecule has 1 unspecified atom stereocenters. The van der Waals surface area contributed by atoms with E-state index in [0.717, 1.165) is 29.9 Å². The lowest BCUT2D eigenvalue weighted by molar-refractivity contribution is -0.133. The van der Waals surface area contributed by atoms with Crippen molar-refractivity contribution in [3.63, 3.8) is 0 Å². The zero-order chi connectivity index (χ0) is 21.5. The van der Waals surface area contributed by atoms with Gasteiger partial charge in [0.1, 0.15) is 18.1 Å². The Labute approximate surface area is 177 Å². The Bertz CT molecular complexity index is 861. The van der Waals surface area contributed by atoms with Crippen molar-refractivity contribution >= 4 is 5.91 Å². The summed E-state index contributed by atoms with van der Waals surface area (Å²) in [6.45, 7) is 1.80. The molecule has 1 amide bonds. The number of ether oxygens (including phenoxy) is 3. The molecule has 0 bridgehead atoms. The minimum Gasteiger partial charge on any atom is -0.497 e. The Kier molecular flexibility index (Phi) is 7.52. The standard InChI is InChI=1S/C23H29FN2O4/c1-25(13-14-30-22-9-5-4-7-19(22)24)16-23(27)26-12-6-8-20(26)18-15-17(28-2)10-11-21(18)29-3/h4-5,7,9-11,15,20H,6,8,12-14,16H2,1-3H3. The topological polar surface area (TPSA) is 51.2 Å². The van der Waals surface area contributed by atoms with Gasteiger partial charge < -0.3 is 19.1 Å². The first-order valence-corrected chi connectivity index (χ1v) is 10.1. The van der Waals surface area contributed by atoms with Crippen molar-refractivity contribution in [1.29, 1.82) is 0 Å². The highest BCUT2D eigenvalue weighted by Crippen LogP contribution is 2.38. The van der Waals surface area contributed by atoms with Crippen LogP contribution in [0.5, 0.6) is 17.2 Å². The average Bonchev–Trinajstić information content (AvgIpc) is 3.24. The fraction of sp³-hybridized carbons (Fsp3) is 0.435. The number of nitrogens with zero attached hydrogens (tertiary/aromatic N) is 2. The van der Waals surface area contributed by atoms with Gasteiger partial charge in [0.2, 0.25) is 5.91 Å². The van der Waals surface area contributed by atoms with Crippen LogP contribution in [0.3, 0.4) is 0 Å². The molecule has 1 fully saturated rings. The molecule has 6 nitrogen and oxygen atoms in total. The molecule has 7 heteroatoms. The molecule has 3 rings (SSSR count). The maximum Gasteiger partial charge on any atom is 0.237 e. The summed E-state index contributed by atoms with van der Waals surface area (Å²) in [6, 6.07) is 11.9. The second-order valence-corrected chi connectivity index (χ2v) is 7.37. The van der Waals surface area contributed by atoms with Gasteiger partial charge in [-0.25, -0.2) is 4.39 Å². The number of amides is 1. The van der Waals surface area contributed by atoms with Crippen molar-refractivity contribution in [2.24, 2.45) is 0 Å². The third kappa shape index (κ3) is 5.21. The average molecular weight is 416 g/mol. The summed E-state index contributed by atoms with van der Waals surface area (Å²) in [7, 11) is 5.12. The first-order valence-electron chi connectivity index (χ1n) is 10.1. The maximum atomic E-state index is 13.6. The second kappa shape index (κ2) is 10.3. The summed E-state index contributed by atoms with van der Waals surface area (Å²) < 4.78 is 30.0. The molecular weight excluding hydrogens is 387 g/mol. The van der Waals surface area contributed by atoms with Crippen LogP contribution >= 0.6 is 0 Å². The SMILES string of the molecule is COc1ccc(OC)c(C2CCCN2C(=O)CN(C)CCOc2ccccc2F)c1. The van der Waals surface area contributed by atoms with Gasteiger partial charge >= 0.3 is 0 Å². The molecule has 162 valence electrons. The number of hydrogen-bond donors (Lipinski definition) is 0. The summed E-state index contributed by atoms with van der Waals surface area (Å²) in [5, 5.41) is 0. The molecule has 1 aliphatic rings. The predicted molar refractivity (Wildman–Crippen MR) is 113 cm³/mol. The molecule has 1 aliphatic heterocycles. The van der Waals surface area contributed by atoms with E-state index >= 15 is 0 Å². The number of carbonyl (C=O) groups is 1. The highest BCUT2D eigenvalue weighted by Gasteiger charge is 2.32. The van der Waals surface area contributed by atoms with Gasteiger partial charge in [0, 0.05) is 18.7 Å². The molecule has 0 radical (unpaired) electrons. The smallest absolute Gasteiger partial charge is 0.237 e. The molecule has 0 aromatic heterocycles. The van der Waals surface area contributed by atoms with Crippen molar-refractivity contribution in [3.05, 3.63) is 53.8 Å². The van der Waals surface area contributed by atoms with Gasteiger partial charge in [-0.15, -0.1) is 0 Å². The number of methoxy groups -OCH3 is 2. The van der Waals surface area contributed by atoms with Crippen LogP contribution in [0, 0.1) is 5.82 Å². The number of hydrogen-bond acceptors (Lipinski definition) is 5. The third-order valence-corrected chi connectivity index (χ3v) is 5.34. The van der Waals surface area contributed by atoms with E-state index in [4.69, 9.17) is 14.2 Å². The van der Waals surface area contributed by atoms with Crippen LogP contribution in [-0.2, 0) is 4.79 Å². The quantitative estimate of drug-likeness (QED) is 0.626. The van der Waals surface area contributed by atoms with Gasteiger partial charge in [0.25, 0.3) is 0 Å². The summed E-state index contributed by atoms with van der Waals surface area (Å²) >= 11 is 0. The Morgan fingerprint density at radius 3 is 2.70 bits per heavy atom. The van der Waals surface area contributed by atoms with Gasteiger partial charge in [-0.1, -0.05) is 12.1 Å². The number of halogens is 1. The van der Waals surface area contributed by atoms with E-state index in [9.17, 15) is 9.18 Å². The van der Waals surface area contributed by atoms with Gasteiger partial charge in [-0.2, -0.15) is 0 Å². The lowest BCUT2D eigenvalue weighted by Crippen LogP contribution is -2.39. The number of likely N-dealkylation sites (N-methyl/N-ethyl adjacent to an activating group) is 1. The largest absolute Gasteiger partial charge is 0.497 e. The van der Waals surface area contributed by atoms with Gasteiger partial charge in [-0.05, 0) is 50.2 Å². The number of likely N-dealkylation sites (tertiary alicyclic amines) is 1. The molecule has 2 aromatic carbocycles. The Hall–Kier alpha value is -2.80. The Morgan fingerprint density at radius 2 is 1.97 bits per heavy atom. The molecule has 2 aromatic rings. The van der Waals surface area contributed by atoms with Gasteiger partial charge in [0.05, 0.1) is 26.8 Å². The molecule has 0 N–H and O–H groups in total. The van der Waals surface area contributed by atoms with E-state index in [0.29, 0.717) is 19.7 Å². The van der Waals surface area contributed by atoms with Crippen LogP contribution < -0.4 is 14.2 Å². The zero-order valence-corrected chi connectivity index (χ0v) is 17.8. The fourth-order valence-corrected chi connectivity index (χ4v) is 3.76. The molecule has 1 atom stereocenters. The summed E-state index contributed by atoms with van der Waals surface area (Å²) in [6.07, 6.45) is 1.83. The lowest BCUT2D eigenvalue weighted by Gasteiger charge is -2.28. The Balaban J connectivity index is 1.58. The van der Waals surface area contributed by atoms with Gasteiger partial charge in [-0.3, -0.25) is 9.69 Å². The van der Waals surface area contributed by atoms with Crippen molar-refractivity contribution in [2.75, 3.05) is 47.5 Å². The number of benzene rings is 2. The monoisotopic (exact) mass is 416 g/mol. The highest BCUT2D eigenvalue weighted by molar-refractivity contribution is 5.79. The molecular formula is C23H29FN2O4. The van der Waals surface area contributed by atoms with E-state index in [-0.39, 0.29) is 30.1 Å². The first kappa shape index (κ1) is 21.9. The molecule has 30 heavy (non-hydrogen) atoms. The normalized spacial score (nSPS) is 16.0. The molecule has 0 aliphatic carbocycles. The minimum atomic E-state index is -0.386. The Morgan fingerprint density at radius 1 is 1.17 bits per heavy atom. The van der Waals surface area contributed by atoms with Crippen molar-refractivity contribution in [3.8, 4) is 17.2 Å². The fourth-order valence-electron chi connectivity index (χ4n) is 3.76. The van der Waals surface area contributed by atoms with Gasteiger partial charge in [0.15, 0.2) is 11.6 Å².